The van der Waals surface area contributed by atoms with Gasteiger partial charge in [-0.05, 0) is 18.6 Å². The molecule has 0 radical (unpaired) electrons. The van der Waals surface area contributed by atoms with Gasteiger partial charge in [-0.3, -0.25) is 9.48 Å². The molecule has 1 aliphatic rings. The molecule has 0 bridgehead atoms. The number of aromatic nitrogens is 4. The van der Waals surface area contributed by atoms with Crippen LogP contribution in [0.3, 0.4) is 0 Å². The Bertz CT molecular complexity index is 844. The van der Waals surface area contributed by atoms with Gasteiger partial charge in [0.25, 0.3) is 5.91 Å². The van der Waals surface area contributed by atoms with Crippen molar-refractivity contribution >= 4 is 5.91 Å². The highest BCUT2D eigenvalue weighted by molar-refractivity contribution is 5.92. The fourth-order valence-corrected chi connectivity index (χ4v) is 3.54. The van der Waals surface area contributed by atoms with Crippen LogP contribution in [0.15, 0.2) is 53.5 Å². The van der Waals surface area contributed by atoms with Gasteiger partial charge in [0, 0.05) is 37.7 Å². The van der Waals surface area contributed by atoms with Gasteiger partial charge in [0.15, 0.2) is 5.82 Å². The number of likely N-dealkylation sites (tertiary alicyclic amines) is 1. The molecule has 0 spiro atoms. The average molecular weight is 337 g/mol. The lowest BCUT2D eigenvalue weighted by molar-refractivity contribution is 0.0776. The van der Waals surface area contributed by atoms with Gasteiger partial charge >= 0.3 is 0 Å². The highest BCUT2D eigenvalue weighted by Gasteiger charge is 2.40. The largest absolute Gasteiger partial charge is 0.343 e. The molecule has 128 valence electrons. The van der Waals surface area contributed by atoms with E-state index in [2.05, 4.69) is 27.4 Å². The molecule has 2 aromatic heterocycles. The lowest BCUT2D eigenvalue weighted by atomic mass is 9.88. The highest BCUT2D eigenvalue weighted by atomic mass is 16.5. The van der Waals surface area contributed by atoms with Crippen molar-refractivity contribution in [1.29, 1.82) is 0 Å². The van der Waals surface area contributed by atoms with Crippen molar-refractivity contribution in [3.05, 3.63) is 66.1 Å². The molecule has 3 aromatic rings. The van der Waals surface area contributed by atoms with Crippen LogP contribution in [-0.2, 0) is 6.54 Å². The zero-order valence-electron chi connectivity index (χ0n) is 13.9. The fourth-order valence-electron chi connectivity index (χ4n) is 3.54. The number of carbonyl (C=O) groups is 1. The summed E-state index contributed by atoms with van der Waals surface area (Å²) in [5.41, 5.74) is 1.79. The van der Waals surface area contributed by atoms with Crippen LogP contribution in [0, 0.1) is 0 Å². The molecule has 1 amide bonds. The Labute approximate surface area is 145 Å². The van der Waals surface area contributed by atoms with Gasteiger partial charge < -0.3 is 9.42 Å². The summed E-state index contributed by atoms with van der Waals surface area (Å²) in [6, 6.07) is 12.0. The Morgan fingerprint density at radius 2 is 2.00 bits per heavy atom. The van der Waals surface area contributed by atoms with E-state index < -0.39 is 0 Å². The van der Waals surface area contributed by atoms with E-state index in [4.69, 9.17) is 4.52 Å². The van der Waals surface area contributed by atoms with E-state index >= 15 is 0 Å². The number of hydrogen-bond acceptors (Lipinski definition) is 5. The number of amides is 1. The van der Waals surface area contributed by atoms with Crippen molar-refractivity contribution in [3.63, 3.8) is 0 Å². The summed E-state index contributed by atoms with van der Waals surface area (Å²) in [6.45, 7) is 3.82. The van der Waals surface area contributed by atoms with Crippen molar-refractivity contribution in [2.45, 2.75) is 25.3 Å². The second kappa shape index (κ2) is 6.51. The topological polar surface area (TPSA) is 77.0 Å². The smallest absolute Gasteiger partial charge is 0.272 e. The van der Waals surface area contributed by atoms with E-state index in [0.29, 0.717) is 31.2 Å². The van der Waals surface area contributed by atoms with E-state index in [1.54, 1.807) is 16.9 Å². The first-order chi connectivity index (χ1) is 12.3. The van der Waals surface area contributed by atoms with Gasteiger partial charge in [-0.2, -0.15) is 10.1 Å². The quantitative estimate of drug-likeness (QED) is 0.730. The minimum atomic E-state index is -0.00808. The molecule has 0 aliphatic carbocycles. The summed E-state index contributed by atoms with van der Waals surface area (Å²) in [7, 11) is 0. The summed E-state index contributed by atoms with van der Waals surface area (Å²) >= 11 is 0. The molecule has 7 nitrogen and oxygen atoms in total. The monoisotopic (exact) mass is 337 g/mol. The molecule has 3 heterocycles. The maximum atomic E-state index is 13.0. The number of benzene rings is 1. The van der Waals surface area contributed by atoms with Gasteiger partial charge in [-0.1, -0.05) is 35.5 Å². The minimum Gasteiger partial charge on any atom is -0.343 e. The van der Waals surface area contributed by atoms with Crippen LogP contribution in [-0.4, -0.2) is 43.8 Å². The Morgan fingerprint density at radius 1 is 1.20 bits per heavy atom. The van der Waals surface area contributed by atoms with Crippen LogP contribution in [0.4, 0.5) is 0 Å². The van der Waals surface area contributed by atoms with Crippen molar-refractivity contribution in [3.8, 4) is 0 Å². The summed E-state index contributed by atoms with van der Waals surface area (Å²) in [5.74, 6) is 0.795. The van der Waals surface area contributed by atoms with Crippen molar-refractivity contribution in [2.75, 3.05) is 13.1 Å². The third kappa shape index (κ3) is 2.82. The van der Waals surface area contributed by atoms with Crippen molar-refractivity contribution in [2.24, 2.45) is 0 Å². The first kappa shape index (κ1) is 15.6. The normalized spacial score (nSPS) is 20.1. The lowest BCUT2D eigenvalue weighted by Gasteiger charge is -2.17. The van der Waals surface area contributed by atoms with Gasteiger partial charge in [-0.25, -0.2) is 0 Å². The lowest BCUT2D eigenvalue weighted by Crippen LogP contribution is -2.30. The average Bonchev–Trinajstić information content (AvgIpc) is 3.41. The molecule has 1 fully saturated rings. The van der Waals surface area contributed by atoms with Gasteiger partial charge in [-0.15, -0.1) is 0 Å². The van der Waals surface area contributed by atoms with Crippen LogP contribution < -0.4 is 0 Å². The minimum absolute atomic E-state index is 0.00808. The second-order valence-corrected chi connectivity index (χ2v) is 6.16. The summed E-state index contributed by atoms with van der Waals surface area (Å²) in [5, 5.41) is 8.23. The number of aryl methyl sites for hydroxylation is 1. The van der Waals surface area contributed by atoms with Gasteiger partial charge in [0.2, 0.25) is 6.39 Å². The van der Waals surface area contributed by atoms with Crippen LogP contribution >= 0.6 is 0 Å². The molecule has 7 heteroatoms. The third-order valence-corrected chi connectivity index (χ3v) is 4.78. The van der Waals surface area contributed by atoms with Crippen LogP contribution in [0.5, 0.6) is 0 Å². The zero-order valence-corrected chi connectivity index (χ0v) is 13.9. The molecule has 1 saturated heterocycles. The molecule has 0 saturated carbocycles. The molecule has 4 rings (SSSR count). The molecule has 1 aromatic carbocycles. The number of carbonyl (C=O) groups excluding carboxylic acids is 1. The third-order valence-electron chi connectivity index (χ3n) is 4.78. The Kier molecular flexibility index (Phi) is 4.05. The van der Waals surface area contributed by atoms with E-state index in [0.717, 1.165) is 0 Å². The maximum absolute atomic E-state index is 13.0. The van der Waals surface area contributed by atoms with Crippen LogP contribution in [0.1, 0.15) is 40.6 Å². The summed E-state index contributed by atoms with van der Waals surface area (Å²) in [4.78, 5) is 19.1. The number of rotatable bonds is 4. The molecule has 2 atom stereocenters. The molecule has 0 unspecified atom stereocenters. The van der Waals surface area contributed by atoms with Gasteiger partial charge in [0.1, 0.15) is 5.69 Å². The zero-order chi connectivity index (χ0) is 17.2. The maximum Gasteiger partial charge on any atom is 0.272 e. The molecule has 0 N–H and O–H groups in total. The van der Waals surface area contributed by atoms with E-state index in [1.165, 1.54) is 12.0 Å². The summed E-state index contributed by atoms with van der Waals surface area (Å²) in [6.07, 6.45) is 3.01. The fraction of sp³-hybridized carbons (Fsp3) is 0.333. The van der Waals surface area contributed by atoms with Crippen molar-refractivity contribution in [1.82, 2.24) is 24.8 Å². The SMILES string of the molecule is CCn1nccc1C(=O)N1C[C@H](c2ccccc2)[C@H](c2ncon2)C1. The number of nitrogens with zero attached hydrogens (tertiary/aromatic N) is 5. The van der Waals surface area contributed by atoms with Crippen molar-refractivity contribution < 1.29 is 9.32 Å². The Balaban J connectivity index is 1.65. The predicted octanol–water partition coefficient (Wildman–Crippen LogP) is 2.31. The van der Waals surface area contributed by atoms with Crippen LogP contribution in [0.2, 0.25) is 0 Å². The predicted molar refractivity (Wildman–Crippen MR) is 90.0 cm³/mol. The van der Waals surface area contributed by atoms with Gasteiger partial charge in [0.05, 0.1) is 0 Å². The highest BCUT2D eigenvalue weighted by Crippen LogP contribution is 2.38. The van der Waals surface area contributed by atoms with Crippen LogP contribution in [0.25, 0.3) is 0 Å². The van der Waals surface area contributed by atoms with E-state index in [-0.39, 0.29) is 17.7 Å². The molecule has 1 aliphatic heterocycles. The first-order valence-corrected chi connectivity index (χ1v) is 8.40. The summed E-state index contributed by atoms with van der Waals surface area (Å²) < 4.78 is 6.66. The standard InChI is InChI=1S/C18H19N5O2/c1-2-23-16(8-9-20-23)18(24)22-10-14(13-6-4-3-5-7-13)15(11-22)17-19-12-25-21-17/h3-9,12,14-15H,2,10-11H2,1H3/t14-,15-/m1/s1. The van der Waals surface area contributed by atoms with E-state index in [9.17, 15) is 4.79 Å². The molecular formula is C18H19N5O2. The Morgan fingerprint density at radius 3 is 2.72 bits per heavy atom. The molecular weight excluding hydrogens is 318 g/mol. The number of hydrogen-bond donors (Lipinski definition) is 0. The molecule has 25 heavy (non-hydrogen) atoms. The second-order valence-electron chi connectivity index (χ2n) is 6.16. The Hall–Kier alpha value is -2.96. The first-order valence-electron chi connectivity index (χ1n) is 8.40. The van der Waals surface area contributed by atoms with E-state index in [1.807, 2.05) is 30.0 Å².